The molecular formula is C17H20ClN. The molecule has 0 saturated carbocycles. The average Bonchev–Trinajstić information content (AvgIpc) is 2.40. The van der Waals surface area contributed by atoms with Gasteiger partial charge in [0, 0.05) is 23.8 Å². The van der Waals surface area contributed by atoms with Gasteiger partial charge >= 0.3 is 0 Å². The first-order chi connectivity index (χ1) is 9.15. The van der Waals surface area contributed by atoms with Gasteiger partial charge in [-0.3, -0.25) is 0 Å². The van der Waals surface area contributed by atoms with E-state index in [0.717, 1.165) is 6.54 Å². The zero-order valence-electron chi connectivity index (χ0n) is 11.8. The van der Waals surface area contributed by atoms with Crippen LogP contribution in [0.4, 0.5) is 11.4 Å². The number of anilines is 2. The second kappa shape index (κ2) is 6.12. The van der Waals surface area contributed by atoms with Crippen LogP contribution in [-0.2, 0) is 5.88 Å². The molecule has 0 heterocycles. The van der Waals surface area contributed by atoms with Gasteiger partial charge < -0.3 is 4.90 Å². The van der Waals surface area contributed by atoms with Crippen LogP contribution in [0.3, 0.4) is 0 Å². The molecule has 0 unspecified atom stereocenters. The standard InChI is InChI=1S/C17H20ClN/c1-4-19(16-7-5-6-13(2)10-16)17-9-8-15(12-18)14(3)11-17/h5-11H,4,12H2,1-3H3. The van der Waals surface area contributed by atoms with Gasteiger partial charge in [-0.05, 0) is 61.7 Å². The van der Waals surface area contributed by atoms with Gasteiger partial charge in [0.05, 0.1) is 0 Å². The number of benzene rings is 2. The van der Waals surface area contributed by atoms with E-state index in [0.29, 0.717) is 5.88 Å². The number of nitrogens with zero attached hydrogens (tertiary/aromatic N) is 1. The number of halogens is 1. The lowest BCUT2D eigenvalue weighted by Gasteiger charge is -2.24. The molecule has 0 saturated heterocycles. The molecule has 0 fully saturated rings. The third-order valence-electron chi connectivity index (χ3n) is 3.41. The SMILES string of the molecule is CCN(c1cccc(C)c1)c1ccc(CCl)c(C)c1. The van der Waals surface area contributed by atoms with Crippen LogP contribution in [-0.4, -0.2) is 6.54 Å². The van der Waals surface area contributed by atoms with Crippen LogP contribution in [0.25, 0.3) is 0 Å². The molecule has 0 aliphatic rings. The van der Waals surface area contributed by atoms with Gasteiger partial charge in [-0.2, -0.15) is 0 Å². The van der Waals surface area contributed by atoms with Crippen molar-refractivity contribution in [2.75, 3.05) is 11.4 Å². The first kappa shape index (κ1) is 14.0. The summed E-state index contributed by atoms with van der Waals surface area (Å²) < 4.78 is 0. The summed E-state index contributed by atoms with van der Waals surface area (Å²) in [7, 11) is 0. The highest BCUT2D eigenvalue weighted by atomic mass is 35.5. The number of hydrogen-bond acceptors (Lipinski definition) is 1. The molecule has 100 valence electrons. The fourth-order valence-corrected chi connectivity index (χ4v) is 2.61. The molecule has 0 aliphatic carbocycles. The first-order valence-corrected chi connectivity index (χ1v) is 7.19. The number of hydrogen-bond donors (Lipinski definition) is 0. The highest BCUT2D eigenvalue weighted by Gasteiger charge is 2.08. The minimum Gasteiger partial charge on any atom is -0.342 e. The summed E-state index contributed by atoms with van der Waals surface area (Å²) >= 11 is 5.92. The van der Waals surface area contributed by atoms with Gasteiger partial charge in [-0.15, -0.1) is 11.6 Å². The molecule has 0 bridgehead atoms. The van der Waals surface area contributed by atoms with Gasteiger partial charge in [-0.1, -0.05) is 18.2 Å². The molecule has 0 aliphatic heterocycles. The maximum absolute atomic E-state index is 5.92. The van der Waals surface area contributed by atoms with Crippen LogP contribution >= 0.6 is 11.6 Å². The van der Waals surface area contributed by atoms with E-state index in [1.54, 1.807) is 0 Å². The van der Waals surface area contributed by atoms with Gasteiger partial charge in [0.25, 0.3) is 0 Å². The molecule has 0 N–H and O–H groups in total. The summed E-state index contributed by atoms with van der Waals surface area (Å²) in [6, 6.07) is 15.1. The van der Waals surface area contributed by atoms with Crippen molar-refractivity contribution in [1.82, 2.24) is 0 Å². The van der Waals surface area contributed by atoms with Gasteiger partial charge in [0.2, 0.25) is 0 Å². The van der Waals surface area contributed by atoms with Crippen LogP contribution in [0, 0.1) is 13.8 Å². The quantitative estimate of drug-likeness (QED) is 0.692. The summed E-state index contributed by atoms with van der Waals surface area (Å²) in [5.74, 6) is 0.572. The molecule has 0 aromatic heterocycles. The van der Waals surface area contributed by atoms with E-state index in [1.807, 2.05) is 0 Å². The predicted octanol–water partition coefficient (Wildman–Crippen LogP) is 5.20. The monoisotopic (exact) mass is 273 g/mol. The summed E-state index contributed by atoms with van der Waals surface area (Å²) in [6.07, 6.45) is 0. The van der Waals surface area contributed by atoms with E-state index in [1.165, 1.54) is 28.1 Å². The average molecular weight is 274 g/mol. The molecule has 0 spiro atoms. The van der Waals surface area contributed by atoms with Crippen LogP contribution in [0.2, 0.25) is 0 Å². The largest absolute Gasteiger partial charge is 0.342 e. The summed E-state index contributed by atoms with van der Waals surface area (Å²) in [5.41, 5.74) is 6.19. The van der Waals surface area contributed by atoms with E-state index < -0.39 is 0 Å². The summed E-state index contributed by atoms with van der Waals surface area (Å²) in [6.45, 7) is 7.36. The molecule has 0 atom stereocenters. The highest BCUT2D eigenvalue weighted by Crippen LogP contribution is 2.28. The van der Waals surface area contributed by atoms with Crippen molar-refractivity contribution in [1.29, 1.82) is 0 Å². The Balaban J connectivity index is 2.39. The van der Waals surface area contributed by atoms with Gasteiger partial charge in [0.1, 0.15) is 0 Å². The van der Waals surface area contributed by atoms with E-state index >= 15 is 0 Å². The molecular weight excluding hydrogens is 254 g/mol. The summed E-state index contributed by atoms with van der Waals surface area (Å²) in [4.78, 5) is 2.32. The second-order valence-electron chi connectivity index (χ2n) is 4.83. The lowest BCUT2D eigenvalue weighted by Crippen LogP contribution is -2.16. The molecule has 0 radical (unpaired) electrons. The fraction of sp³-hybridized carbons (Fsp3) is 0.294. The maximum Gasteiger partial charge on any atom is 0.0476 e. The van der Waals surface area contributed by atoms with Crippen molar-refractivity contribution in [2.24, 2.45) is 0 Å². The van der Waals surface area contributed by atoms with Crippen molar-refractivity contribution in [3.8, 4) is 0 Å². The minimum atomic E-state index is 0.572. The zero-order valence-corrected chi connectivity index (χ0v) is 12.5. The fourth-order valence-electron chi connectivity index (χ4n) is 2.31. The third-order valence-corrected chi connectivity index (χ3v) is 3.70. The van der Waals surface area contributed by atoms with E-state index in [-0.39, 0.29) is 0 Å². The smallest absolute Gasteiger partial charge is 0.0476 e. The molecule has 2 heteroatoms. The Morgan fingerprint density at radius 3 is 2.32 bits per heavy atom. The predicted molar refractivity (Wildman–Crippen MR) is 84.6 cm³/mol. The first-order valence-electron chi connectivity index (χ1n) is 6.65. The van der Waals surface area contributed by atoms with Crippen molar-refractivity contribution in [3.63, 3.8) is 0 Å². The number of alkyl halides is 1. The Morgan fingerprint density at radius 2 is 1.74 bits per heavy atom. The zero-order chi connectivity index (χ0) is 13.8. The van der Waals surface area contributed by atoms with Crippen LogP contribution in [0.5, 0.6) is 0 Å². The number of rotatable bonds is 4. The molecule has 1 nitrogen and oxygen atoms in total. The Labute approximate surface area is 120 Å². The summed E-state index contributed by atoms with van der Waals surface area (Å²) in [5, 5.41) is 0. The second-order valence-corrected chi connectivity index (χ2v) is 5.09. The van der Waals surface area contributed by atoms with Crippen LogP contribution in [0.1, 0.15) is 23.6 Å². The van der Waals surface area contributed by atoms with E-state index in [2.05, 4.69) is 68.1 Å². The molecule has 2 aromatic rings. The van der Waals surface area contributed by atoms with Gasteiger partial charge in [-0.25, -0.2) is 0 Å². The third kappa shape index (κ3) is 3.10. The Morgan fingerprint density at radius 1 is 1.00 bits per heavy atom. The Bertz CT molecular complexity index is 563. The normalized spacial score (nSPS) is 10.5. The van der Waals surface area contributed by atoms with Crippen molar-refractivity contribution in [2.45, 2.75) is 26.7 Å². The molecule has 19 heavy (non-hydrogen) atoms. The lowest BCUT2D eigenvalue weighted by molar-refractivity contribution is 1.02. The van der Waals surface area contributed by atoms with Crippen molar-refractivity contribution in [3.05, 3.63) is 59.2 Å². The Kier molecular flexibility index (Phi) is 4.49. The van der Waals surface area contributed by atoms with E-state index in [4.69, 9.17) is 11.6 Å². The number of aryl methyl sites for hydroxylation is 2. The van der Waals surface area contributed by atoms with Gasteiger partial charge in [0.15, 0.2) is 0 Å². The minimum absolute atomic E-state index is 0.572. The van der Waals surface area contributed by atoms with E-state index in [9.17, 15) is 0 Å². The molecule has 2 aromatic carbocycles. The van der Waals surface area contributed by atoms with Crippen LogP contribution in [0.15, 0.2) is 42.5 Å². The highest BCUT2D eigenvalue weighted by molar-refractivity contribution is 6.17. The van der Waals surface area contributed by atoms with Crippen molar-refractivity contribution >= 4 is 23.0 Å². The molecule has 0 amide bonds. The molecule has 2 rings (SSSR count). The van der Waals surface area contributed by atoms with Crippen molar-refractivity contribution < 1.29 is 0 Å². The Hall–Kier alpha value is -1.47. The topological polar surface area (TPSA) is 3.24 Å². The maximum atomic E-state index is 5.92. The van der Waals surface area contributed by atoms with Crippen LogP contribution < -0.4 is 4.90 Å². The lowest BCUT2D eigenvalue weighted by atomic mass is 10.1.